The molecule has 0 aromatic carbocycles. The molecule has 1 aromatic rings. The SMILES string of the molecule is CC1CN(Cc2occc2CN)CC(C)O1. The van der Waals surface area contributed by atoms with Crippen LogP contribution in [0.3, 0.4) is 0 Å². The number of rotatable bonds is 3. The Hall–Kier alpha value is -0.840. The second-order valence-corrected chi connectivity index (χ2v) is 4.52. The van der Waals surface area contributed by atoms with Crippen molar-refractivity contribution in [3.63, 3.8) is 0 Å². The highest BCUT2D eigenvalue weighted by Gasteiger charge is 2.23. The zero-order valence-corrected chi connectivity index (χ0v) is 9.98. The summed E-state index contributed by atoms with van der Waals surface area (Å²) in [5.41, 5.74) is 6.76. The smallest absolute Gasteiger partial charge is 0.122 e. The van der Waals surface area contributed by atoms with Crippen LogP contribution in [0.25, 0.3) is 0 Å². The molecule has 0 amide bonds. The largest absolute Gasteiger partial charge is 0.468 e. The quantitative estimate of drug-likeness (QED) is 0.842. The van der Waals surface area contributed by atoms with Crippen molar-refractivity contribution in [2.75, 3.05) is 13.1 Å². The number of morpholine rings is 1. The number of nitrogens with two attached hydrogens (primary N) is 1. The topological polar surface area (TPSA) is 51.6 Å². The Morgan fingerprint density at radius 1 is 1.38 bits per heavy atom. The van der Waals surface area contributed by atoms with Crippen molar-refractivity contribution >= 4 is 0 Å². The van der Waals surface area contributed by atoms with Gasteiger partial charge in [-0.3, -0.25) is 4.90 Å². The van der Waals surface area contributed by atoms with Gasteiger partial charge in [-0.15, -0.1) is 0 Å². The Kier molecular flexibility index (Phi) is 3.63. The first-order valence-electron chi connectivity index (χ1n) is 5.82. The normalized spacial score (nSPS) is 27.2. The molecule has 4 heteroatoms. The van der Waals surface area contributed by atoms with Gasteiger partial charge in [-0.1, -0.05) is 0 Å². The van der Waals surface area contributed by atoms with E-state index >= 15 is 0 Å². The minimum absolute atomic E-state index is 0.292. The first-order valence-corrected chi connectivity index (χ1v) is 5.82. The Morgan fingerprint density at radius 2 is 2.06 bits per heavy atom. The third-order valence-corrected chi connectivity index (χ3v) is 2.92. The molecule has 1 aliphatic rings. The molecule has 2 rings (SSSR count). The Balaban J connectivity index is 1.98. The average Bonchev–Trinajstić information content (AvgIpc) is 2.63. The van der Waals surface area contributed by atoms with Crippen LogP contribution < -0.4 is 5.73 Å². The van der Waals surface area contributed by atoms with Crippen LogP contribution in [0, 0.1) is 0 Å². The van der Waals surface area contributed by atoms with Gasteiger partial charge in [0.05, 0.1) is 25.0 Å². The van der Waals surface area contributed by atoms with E-state index in [1.807, 2.05) is 6.07 Å². The minimum atomic E-state index is 0.292. The van der Waals surface area contributed by atoms with Gasteiger partial charge in [0.1, 0.15) is 5.76 Å². The fraction of sp³-hybridized carbons (Fsp3) is 0.667. The number of furan rings is 1. The van der Waals surface area contributed by atoms with E-state index < -0.39 is 0 Å². The van der Waals surface area contributed by atoms with Crippen LogP contribution in [0.15, 0.2) is 16.7 Å². The monoisotopic (exact) mass is 224 g/mol. The zero-order chi connectivity index (χ0) is 11.5. The summed E-state index contributed by atoms with van der Waals surface area (Å²) < 4.78 is 11.2. The maximum atomic E-state index is 5.70. The highest BCUT2D eigenvalue weighted by molar-refractivity contribution is 5.16. The van der Waals surface area contributed by atoms with Crippen LogP contribution in [-0.2, 0) is 17.8 Å². The summed E-state index contributed by atoms with van der Waals surface area (Å²) in [5, 5.41) is 0. The number of hydrogen-bond donors (Lipinski definition) is 1. The number of hydrogen-bond acceptors (Lipinski definition) is 4. The summed E-state index contributed by atoms with van der Waals surface area (Å²) in [6, 6.07) is 1.95. The second kappa shape index (κ2) is 4.99. The van der Waals surface area contributed by atoms with Gasteiger partial charge in [0.15, 0.2) is 0 Å². The summed E-state index contributed by atoms with van der Waals surface area (Å²) in [7, 11) is 0. The zero-order valence-electron chi connectivity index (χ0n) is 9.98. The summed E-state index contributed by atoms with van der Waals surface area (Å²) in [6.45, 7) is 7.49. The summed E-state index contributed by atoms with van der Waals surface area (Å²) >= 11 is 0. The molecule has 2 atom stereocenters. The molecule has 90 valence electrons. The fourth-order valence-corrected chi connectivity index (χ4v) is 2.30. The average molecular weight is 224 g/mol. The molecule has 1 aromatic heterocycles. The van der Waals surface area contributed by atoms with Gasteiger partial charge in [-0.2, -0.15) is 0 Å². The van der Waals surface area contributed by atoms with E-state index in [1.165, 1.54) is 0 Å². The van der Waals surface area contributed by atoms with Crippen LogP contribution in [0.4, 0.5) is 0 Å². The molecule has 0 spiro atoms. The summed E-state index contributed by atoms with van der Waals surface area (Å²) in [4.78, 5) is 2.36. The predicted molar refractivity (Wildman–Crippen MR) is 61.9 cm³/mol. The highest BCUT2D eigenvalue weighted by atomic mass is 16.5. The van der Waals surface area contributed by atoms with Gasteiger partial charge in [0.2, 0.25) is 0 Å². The lowest BCUT2D eigenvalue weighted by Crippen LogP contribution is -2.44. The van der Waals surface area contributed by atoms with Gasteiger partial charge in [-0.05, 0) is 19.9 Å². The summed E-state index contributed by atoms with van der Waals surface area (Å²) in [5.74, 6) is 0.990. The molecule has 2 unspecified atom stereocenters. The van der Waals surface area contributed by atoms with Gasteiger partial charge in [0.25, 0.3) is 0 Å². The molecule has 0 saturated carbocycles. The van der Waals surface area contributed by atoms with E-state index in [-0.39, 0.29) is 0 Å². The van der Waals surface area contributed by atoms with Crippen molar-refractivity contribution in [3.8, 4) is 0 Å². The van der Waals surface area contributed by atoms with Crippen LogP contribution in [0.2, 0.25) is 0 Å². The lowest BCUT2D eigenvalue weighted by Gasteiger charge is -2.34. The van der Waals surface area contributed by atoms with Crippen molar-refractivity contribution in [1.82, 2.24) is 4.90 Å². The maximum Gasteiger partial charge on any atom is 0.122 e. The summed E-state index contributed by atoms with van der Waals surface area (Å²) in [6.07, 6.45) is 2.30. The lowest BCUT2D eigenvalue weighted by molar-refractivity contribution is -0.0719. The molecular formula is C12H20N2O2. The fourth-order valence-electron chi connectivity index (χ4n) is 2.30. The van der Waals surface area contributed by atoms with E-state index in [4.69, 9.17) is 14.9 Å². The molecule has 0 radical (unpaired) electrons. The first-order chi connectivity index (χ1) is 7.69. The van der Waals surface area contributed by atoms with Gasteiger partial charge in [0, 0.05) is 25.2 Å². The standard InChI is InChI=1S/C12H20N2O2/c1-9-6-14(7-10(2)16-9)8-12-11(5-13)3-4-15-12/h3-4,9-10H,5-8,13H2,1-2H3. The van der Waals surface area contributed by atoms with Gasteiger partial charge < -0.3 is 14.9 Å². The van der Waals surface area contributed by atoms with Crippen LogP contribution in [-0.4, -0.2) is 30.2 Å². The van der Waals surface area contributed by atoms with Crippen LogP contribution in [0.5, 0.6) is 0 Å². The van der Waals surface area contributed by atoms with Gasteiger partial charge in [-0.25, -0.2) is 0 Å². The molecule has 4 nitrogen and oxygen atoms in total. The molecular weight excluding hydrogens is 204 g/mol. The van der Waals surface area contributed by atoms with Crippen molar-refractivity contribution in [2.45, 2.75) is 39.1 Å². The molecule has 1 aliphatic heterocycles. The predicted octanol–water partition coefficient (Wildman–Crippen LogP) is 1.35. The maximum absolute atomic E-state index is 5.70. The van der Waals surface area contributed by atoms with Crippen LogP contribution >= 0.6 is 0 Å². The van der Waals surface area contributed by atoms with Crippen LogP contribution in [0.1, 0.15) is 25.2 Å². The van der Waals surface area contributed by atoms with E-state index in [1.54, 1.807) is 6.26 Å². The lowest BCUT2D eigenvalue weighted by atomic mass is 10.2. The third-order valence-electron chi connectivity index (χ3n) is 2.92. The number of nitrogens with zero attached hydrogens (tertiary/aromatic N) is 1. The Morgan fingerprint density at radius 3 is 2.69 bits per heavy atom. The minimum Gasteiger partial charge on any atom is -0.468 e. The first kappa shape index (κ1) is 11.6. The molecule has 0 aliphatic carbocycles. The van der Waals surface area contributed by atoms with Crippen molar-refractivity contribution < 1.29 is 9.15 Å². The Labute approximate surface area is 96.4 Å². The van der Waals surface area contributed by atoms with Gasteiger partial charge >= 0.3 is 0 Å². The van der Waals surface area contributed by atoms with Crippen molar-refractivity contribution in [3.05, 3.63) is 23.7 Å². The highest BCUT2D eigenvalue weighted by Crippen LogP contribution is 2.17. The van der Waals surface area contributed by atoms with E-state index in [0.717, 1.165) is 31.0 Å². The molecule has 16 heavy (non-hydrogen) atoms. The molecule has 1 saturated heterocycles. The molecule has 0 bridgehead atoms. The van der Waals surface area contributed by atoms with Crippen molar-refractivity contribution in [2.24, 2.45) is 5.73 Å². The Bertz CT molecular complexity index is 328. The van der Waals surface area contributed by atoms with Crippen molar-refractivity contribution in [1.29, 1.82) is 0 Å². The van der Waals surface area contributed by atoms with E-state index in [2.05, 4.69) is 18.7 Å². The molecule has 1 fully saturated rings. The second-order valence-electron chi connectivity index (χ2n) is 4.52. The van der Waals surface area contributed by atoms with E-state index in [0.29, 0.717) is 18.8 Å². The molecule has 2 N–H and O–H groups in total. The number of ether oxygens (including phenoxy) is 1. The third kappa shape index (κ3) is 2.64. The molecule has 2 heterocycles. The van der Waals surface area contributed by atoms with E-state index in [9.17, 15) is 0 Å².